The molecule has 0 N–H and O–H groups in total. The van der Waals surface area contributed by atoms with Gasteiger partial charge in [0.1, 0.15) is 5.60 Å². The van der Waals surface area contributed by atoms with Crippen LogP contribution < -0.4 is 0 Å². The second-order valence-corrected chi connectivity index (χ2v) is 11.2. The van der Waals surface area contributed by atoms with E-state index < -0.39 is 32.9 Å². The van der Waals surface area contributed by atoms with E-state index in [4.69, 9.17) is 38.2 Å². The average molecular weight is 502 g/mol. The van der Waals surface area contributed by atoms with Crippen molar-refractivity contribution in [1.29, 1.82) is 0 Å². The molecule has 1 aliphatic rings. The molecule has 30 heavy (non-hydrogen) atoms. The van der Waals surface area contributed by atoms with Crippen molar-refractivity contribution in [2.45, 2.75) is 38.5 Å². The molecule has 0 radical (unpaired) electrons. The van der Waals surface area contributed by atoms with Crippen molar-refractivity contribution in [1.82, 2.24) is 4.90 Å². The molecular weight excluding hydrogens is 479 g/mol. The minimum atomic E-state index is -3.19. The van der Waals surface area contributed by atoms with E-state index in [1.165, 1.54) is 4.90 Å². The van der Waals surface area contributed by atoms with E-state index in [2.05, 4.69) is 20.7 Å². The van der Waals surface area contributed by atoms with Gasteiger partial charge in [-0.3, -0.25) is 0 Å². The number of hydrogen-bond donors (Lipinski definition) is 0. The number of benzene rings is 1. The van der Waals surface area contributed by atoms with Crippen molar-refractivity contribution < 1.29 is 22.7 Å². The van der Waals surface area contributed by atoms with E-state index in [1.807, 2.05) is 0 Å². The lowest BCUT2D eigenvalue weighted by Crippen LogP contribution is -2.41. The van der Waals surface area contributed by atoms with Gasteiger partial charge in [-0.2, -0.15) is 0 Å². The van der Waals surface area contributed by atoms with Crippen molar-refractivity contribution in [3.05, 3.63) is 44.3 Å². The van der Waals surface area contributed by atoms with Crippen LogP contribution in [0.3, 0.4) is 0 Å². The SMILES string of the molecule is CC(C)(C)OC(=O)N1CCOC(c2ccc(Cl)c(Cl)c2)C(N=[N+]=[N-])C1.CS(=O)(=O)Cl. The minimum Gasteiger partial charge on any atom is -0.444 e. The summed E-state index contributed by atoms with van der Waals surface area (Å²) in [4.78, 5) is 16.7. The van der Waals surface area contributed by atoms with E-state index in [0.29, 0.717) is 16.6 Å². The van der Waals surface area contributed by atoms with Gasteiger partial charge >= 0.3 is 6.09 Å². The van der Waals surface area contributed by atoms with Crippen LogP contribution >= 0.6 is 33.9 Å². The fourth-order valence-electron chi connectivity index (χ4n) is 2.48. The van der Waals surface area contributed by atoms with Gasteiger partial charge < -0.3 is 14.4 Å². The Morgan fingerprint density at radius 3 is 2.43 bits per heavy atom. The number of carbonyl (C=O) groups excluding carboxylic acids is 1. The van der Waals surface area contributed by atoms with E-state index >= 15 is 0 Å². The predicted molar refractivity (Wildman–Crippen MR) is 117 cm³/mol. The maximum Gasteiger partial charge on any atom is 0.410 e. The average Bonchev–Trinajstić information content (AvgIpc) is 2.77. The highest BCUT2D eigenvalue weighted by molar-refractivity contribution is 8.13. The highest BCUT2D eigenvalue weighted by Gasteiger charge is 2.32. The van der Waals surface area contributed by atoms with Gasteiger partial charge in [0.15, 0.2) is 0 Å². The van der Waals surface area contributed by atoms with Crippen molar-refractivity contribution in [3.63, 3.8) is 0 Å². The Kier molecular flexibility index (Phi) is 10.00. The van der Waals surface area contributed by atoms with Crippen molar-refractivity contribution in [3.8, 4) is 0 Å². The Morgan fingerprint density at radius 1 is 1.33 bits per heavy atom. The summed E-state index contributed by atoms with van der Waals surface area (Å²) in [6, 6.07) is 4.49. The molecule has 2 rings (SSSR count). The molecular formula is C17H23Cl3N4O5S. The molecule has 1 heterocycles. The number of nitrogens with zero attached hydrogens (tertiary/aromatic N) is 4. The zero-order valence-electron chi connectivity index (χ0n) is 16.9. The molecule has 1 aliphatic heterocycles. The molecule has 1 fully saturated rings. The Hall–Kier alpha value is -1.42. The lowest BCUT2D eigenvalue weighted by Gasteiger charge is -2.27. The van der Waals surface area contributed by atoms with Crippen LogP contribution in [0.1, 0.15) is 32.4 Å². The van der Waals surface area contributed by atoms with Gasteiger partial charge in [-0.1, -0.05) is 34.4 Å². The molecule has 2 unspecified atom stereocenters. The Balaban J connectivity index is 0.000000804. The quantitative estimate of drug-likeness (QED) is 0.239. The van der Waals surface area contributed by atoms with Crippen molar-refractivity contribution in [2.24, 2.45) is 5.11 Å². The lowest BCUT2D eigenvalue weighted by molar-refractivity contribution is 0.0231. The number of amides is 1. The highest BCUT2D eigenvalue weighted by Crippen LogP contribution is 2.32. The topological polar surface area (TPSA) is 122 Å². The first-order valence-electron chi connectivity index (χ1n) is 8.69. The van der Waals surface area contributed by atoms with E-state index in [0.717, 1.165) is 11.8 Å². The fourth-order valence-corrected chi connectivity index (χ4v) is 2.78. The first-order valence-corrected chi connectivity index (χ1v) is 12.2. The monoisotopic (exact) mass is 500 g/mol. The number of hydrogen-bond acceptors (Lipinski definition) is 6. The van der Waals surface area contributed by atoms with Crippen LogP contribution in [0.5, 0.6) is 0 Å². The minimum absolute atomic E-state index is 0.184. The molecule has 1 saturated heterocycles. The molecule has 0 spiro atoms. The first kappa shape index (κ1) is 26.6. The second-order valence-electron chi connectivity index (χ2n) is 7.35. The summed E-state index contributed by atoms with van der Waals surface area (Å²) in [5.41, 5.74) is 9.03. The van der Waals surface area contributed by atoms with Crippen LogP contribution in [0, 0.1) is 0 Å². The predicted octanol–water partition coefficient (Wildman–Crippen LogP) is 5.17. The molecule has 2 atom stereocenters. The molecule has 168 valence electrons. The molecule has 1 amide bonds. The van der Waals surface area contributed by atoms with Crippen molar-refractivity contribution >= 4 is 49.0 Å². The van der Waals surface area contributed by atoms with Crippen LogP contribution in [0.15, 0.2) is 23.3 Å². The second kappa shape index (κ2) is 11.3. The summed E-state index contributed by atoms with van der Waals surface area (Å²) in [6.45, 7) is 6.18. The molecule has 1 aromatic carbocycles. The summed E-state index contributed by atoms with van der Waals surface area (Å²) in [6.07, 6.45) is -0.0729. The van der Waals surface area contributed by atoms with Crippen LogP contribution in [-0.4, -0.2) is 57.0 Å². The summed E-state index contributed by atoms with van der Waals surface area (Å²) in [5, 5.41) is 4.62. The number of halogens is 3. The van der Waals surface area contributed by atoms with Gasteiger partial charge in [-0.15, -0.1) is 0 Å². The standard InChI is InChI=1S/C16H20Cl2N4O3.CH3ClO2S/c1-16(2,3)25-15(23)22-6-7-24-14(13(9-22)20-21-19)10-4-5-11(17)12(18)8-10;1-5(2,3)4/h4-5,8,13-14H,6-7,9H2,1-3H3;1H3. The van der Waals surface area contributed by atoms with Crippen LogP contribution in [-0.2, 0) is 18.5 Å². The zero-order valence-corrected chi connectivity index (χ0v) is 20.0. The largest absolute Gasteiger partial charge is 0.444 e. The summed E-state index contributed by atoms with van der Waals surface area (Å²) in [7, 11) is 1.31. The smallest absolute Gasteiger partial charge is 0.410 e. The van der Waals surface area contributed by atoms with Gasteiger partial charge in [0.05, 0.1) is 35.1 Å². The Bertz CT molecular complexity index is 893. The number of carbonyl (C=O) groups is 1. The van der Waals surface area contributed by atoms with E-state index in [9.17, 15) is 13.2 Å². The molecule has 1 aromatic rings. The third-order valence-corrected chi connectivity index (χ3v) is 4.28. The van der Waals surface area contributed by atoms with Gasteiger partial charge in [-0.25, -0.2) is 13.2 Å². The van der Waals surface area contributed by atoms with E-state index in [1.54, 1.807) is 39.0 Å². The molecule has 13 heteroatoms. The maximum absolute atomic E-state index is 12.3. The first-order chi connectivity index (χ1) is 13.7. The number of ether oxygens (including phenoxy) is 2. The fraction of sp³-hybridized carbons (Fsp3) is 0.588. The van der Waals surface area contributed by atoms with Gasteiger partial charge in [0, 0.05) is 28.7 Å². The van der Waals surface area contributed by atoms with E-state index in [-0.39, 0.29) is 13.2 Å². The van der Waals surface area contributed by atoms with Gasteiger partial charge in [0.2, 0.25) is 9.05 Å². The molecule has 0 bridgehead atoms. The molecule has 0 saturated carbocycles. The lowest BCUT2D eigenvalue weighted by atomic mass is 10.0. The Labute approximate surface area is 190 Å². The number of azide groups is 1. The number of rotatable bonds is 2. The summed E-state index contributed by atoms with van der Waals surface area (Å²) in [5.74, 6) is 0. The van der Waals surface area contributed by atoms with Crippen LogP contribution in [0.25, 0.3) is 10.4 Å². The molecule has 0 aliphatic carbocycles. The van der Waals surface area contributed by atoms with Crippen LogP contribution in [0.4, 0.5) is 4.79 Å². The highest BCUT2D eigenvalue weighted by atomic mass is 35.7. The molecule has 9 nitrogen and oxygen atoms in total. The summed E-state index contributed by atoms with van der Waals surface area (Å²) < 4.78 is 30.0. The van der Waals surface area contributed by atoms with Gasteiger partial charge in [0.25, 0.3) is 0 Å². The third kappa shape index (κ3) is 10.1. The summed E-state index contributed by atoms with van der Waals surface area (Å²) >= 11 is 12.0. The maximum atomic E-state index is 12.3. The Morgan fingerprint density at radius 2 is 1.93 bits per heavy atom. The molecule has 0 aromatic heterocycles. The normalized spacial score (nSPS) is 19.6. The van der Waals surface area contributed by atoms with Gasteiger partial charge in [-0.05, 0) is 44.0 Å². The zero-order chi connectivity index (χ0) is 23.1. The third-order valence-electron chi connectivity index (χ3n) is 3.54. The van der Waals surface area contributed by atoms with Crippen molar-refractivity contribution in [2.75, 3.05) is 26.0 Å². The van der Waals surface area contributed by atoms with Crippen LogP contribution in [0.2, 0.25) is 10.0 Å².